The van der Waals surface area contributed by atoms with Gasteiger partial charge in [0.1, 0.15) is 11.3 Å². The Hall–Kier alpha value is -1.50. The average molecular weight is 250 g/mol. The summed E-state index contributed by atoms with van der Waals surface area (Å²) in [5, 5.41) is 2.03. The van der Waals surface area contributed by atoms with Gasteiger partial charge in [-0.25, -0.2) is 0 Å². The van der Waals surface area contributed by atoms with Crippen LogP contribution in [-0.2, 0) is 6.18 Å². The summed E-state index contributed by atoms with van der Waals surface area (Å²) in [5.74, 6) is -0.284. The van der Waals surface area contributed by atoms with E-state index in [1.165, 1.54) is 18.2 Å². The van der Waals surface area contributed by atoms with Gasteiger partial charge in [0.05, 0.1) is 12.8 Å². The molecule has 1 aromatic rings. The van der Waals surface area contributed by atoms with Crippen molar-refractivity contribution in [3.63, 3.8) is 0 Å². The lowest BCUT2D eigenvalue weighted by atomic mass is 10.1. The Morgan fingerprint density at radius 2 is 2.06 bits per heavy atom. The number of hydrogen-bond donors (Lipinski definition) is 2. The van der Waals surface area contributed by atoms with Crippen molar-refractivity contribution in [2.75, 3.05) is 12.4 Å². The number of anilines is 1. The number of halogens is 3. The van der Waals surface area contributed by atoms with Crippen molar-refractivity contribution >= 4 is 23.0 Å². The van der Waals surface area contributed by atoms with Gasteiger partial charge in [-0.15, -0.1) is 0 Å². The van der Waals surface area contributed by atoms with E-state index in [1.54, 1.807) is 0 Å². The van der Waals surface area contributed by atoms with Crippen LogP contribution in [-0.4, -0.2) is 12.2 Å². The van der Waals surface area contributed by atoms with E-state index in [2.05, 4.69) is 22.3 Å². The molecule has 0 amide bonds. The Kier molecular flexibility index (Phi) is 3.58. The molecule has 0 heterocycles. The van der Waals surface area contributed by atoms with Gasteiger partial charge in [-0.2, -0.15) is 13.2 Å². The Labute approximate surface area is 95.4 Å². The van der Waals surface area contributed by atoms with E-state index < -0.39 is 11.7 Å². The maximum atomic E-state index is 12.7. The first-order valence-electron chi connectivity index (χ1n) is 4.17. The summed E-state index contributed by atoms with van der Waals surface area (Å²) in [7, 11) is 1.16. The summed E-state index contributed by atoms with van der Waals surface area (Å²) >= 11 is 4.50. The first-order valence-corrected chi connectivity index (χ1v) is 4.57. The minimum absolute atomic E-state index is 0.223. The fraction of sp³-hybridized carbons (Fsp3) is 0.222. The maximum Gasteiger partial charge on any atom is 0.421 e. The second-order valence-electron chi connectivity index (χ2n) is 2.87. The van der Waals surface area contributed by atoms with Gasteiger partial charge in [-0.05, 0) is 24.4 Å². The van der Waals surface area contributed by atoms with Crippen LogP contribution in [0.3, 0.4) is 0 Å². The fourth-order valence-electron chi connectivity index (χ4n) is 1.23. The average Bonchev–Trinajstić information content (AvgIpc) is 2.14. The minimum Gasteiger partial charge on any atom is -0.496 e. The highest BCUT2D eigenvalue weighted by Crippen LogP contribution is 2.41. The van der Waals surface area contributed by atoms with Crippen LogP contribution in [0.5, 0.6) is 5.75 Å². The van der Waals surface area contributed by atoms with Crippen molar-refractivity contribution in [1.29, 1.82) is 0 Å². The molecule has 0 spiro atoms. The van der Waals surface area contributed by atoms with Crippen molar-refractivity contribution in [3.8, 4) is 5.75 Å². The van der Waals surface area contributed by atoms with Crippen LogP contribution in [0.2, 0.25) is 0 Å². The van der Waals surface area contributed by atoms with Crippen molar-refractivity contribution in [2.45, 2.75) is 6.18 Å². The van der Waals surface area contributed by atoms with E-state index >= 15 is 0 Å². The quantitative estimate of drug-likeness (QED) is 0.791. The SMILES string of the molecule is COc1cccc(NC(N)=S)c1C(F)(F)F. The molecule has 0 bridgehead atoms. The van der Waals surface area contributed by atoms with Crippen molar-refractivity contribution in [1.82, 2.24) is 0 Å². The van der Waals surface area contributed by atoms with E-state index in [0.29, 0.717) is 0 Å². The molecular weight excluding hydrogens is 241 g/mol. The highest BCUT2D eigenvalue weighted by molar-refractivity contribution is 7.80. The van der Waals surface area contributed by atoms with Crippen LogP contribution < -0.4 is 15.8 Å². The normalized spacial score (nSPS) is 11.0. The van der Waals surface area contributed by atoms with Gasteiger partial charge in [0, 0.05) is 0 Å². The van der Waals surface area contributed by atoms with Crippen LogP contribution in [0.15, 0.2) is 18.2 Å². The number of rotatable bonds is 2. The van der Waals surface area contributed by atoms with Crippen LogP contribution >= 0.6 is 12.2 Å². The second kappa shape index (κ2) is 4.56. The van der Waals surface area contributed by atoms with Crippen LogP contribution in [0.1, 0.15) is 5.56 Å². The monoisotopic (exact) mass is 250 g/mol. The molecule has 0 aliphatic heterocycles. The summed E-state index contributed by atoms with van der Waals surface area (Å²) in [5.41, 5.74) is 3.99. The van der Waals surface area contributed by atoms with Gasteiger partial charge in [0.15, 0.2) is 5.11 Å². The summed E-state index contributed by atoms with van der Waals surface area (Å²) < 4.78 is 42.9. The molecule has 0 aromatic heterocycles. The smallest absolute Gasteiger partial charge is 0.421 e. The largest absolute Gasteiger partial charge is 0.496 e. The van der Waals surface area contributed by atoms with E-state index in [1.807, 2.05) is 0 Å². The lowest BCUT2D eigenvalue weighted by Gasteiger charge is -2.16. The summed E-state index contributed by atoms with van der Waals surface area (Å²) in [6.07, 6.45) is -4.54. The number of alkyl halides is 3. The molecule has 3 N–H and O–H groups in total. The Morgan fingerprint density at radius 1 is 1.44 bits per heavy atom. The predicted molar refractivity (Wildman–Crippen MR) is 58.4 cm³/mol. The molecule has 0 aliphatic rings. The van der Waals surface area contributed by atoms with Gasteiger partial charge >= 0.3 is 6.18 Å². The highest BCUT2D eigenvalue weighted by atomic mass is 32.1. The number of nitrogens with two attached hydrogens (primary N) is 1. The second-order valence-corrected chi connectivity index (χ2v) is 3.31. The molecule has 0 unspecified atom stereocenters. The molecule has 0 fully saturated rings. The van der Waals surface area contributed by atoms with E-state index in [4.69, 9.17) is 5.73 Å². The molecular formula is C9H9F3N2OS. The van der Waals surface area contributed by atoms with Crippen LogP contribution in [0.4, 0.5) is 18.9 Å². The molecule has 16 heavy (non-hydrogen) atoms. The minimum atomic E-state index is -4.54. The molecule has 3 nitrogen and oxygen atoms in total. The Balaban J connectivity index is 3.32. The summed E-state index contributed by atoms with van der Waals surface area (Å²) in [4.78, 5) is 0. The number of nitrogens with one attached hydrogen (secondary N) is 1. The third-order valence-electron chi connectivity index (χ3n) is 1.79. The van der Waals surface area contributed by atoms with Crippen molar-refractivity contribution in [2.24, 2.45) is 5.73 Å². The topological polar surface area (TPSA) is 47.3 Å². The van der Waals surface area contributed by atoms with Crippen LogP contribution in [0.25, 0.3) is 0 Å². The van der Waals surface area contributed by atoms with Gasteiger partial charge in [0.25, 0.3) is 0 Å². The van der Waals surface area contributed by atoms with Crippen molar-refractivity contribution < 1.29 is 17.9 Å². The summed E-state index contributed by atoms with van der Waals surface area (Å²) in [6.45, 7) is 0. The molecule has 7 heteroatoms. The summed E-state index contributed by atoms with van der Waals surface area (Å²) in [6, 6.07) is 3.85. The molecule has 88 valence electrons. The lowest BCUT2D eigenvalue weighted by molar-refractivity contribution is -0.138. The van der Waals surface area contributed by atoms with Gasteiger partial charge in [-0.1, -0.05) is 6.07 Å². The Morgan fingerprint density at radius 3 is 2.50 bits per heavy atom. The Bertz CT molecular complexity index is 406. The van der Waals surface area contributed by atoms with E-state index in [0.717, 1.165) is 7.11 Å². The standard InChI is InChI=1S/C9H9F3N2OS/c1-15-6-4-2-3-5(14-8(13)16)7(6)9(10,11)12/h2-4H,1H3,(H3,13,14,16). The molecule has 0 atom stereocenters. The molecule has 0 saturated heterocycles. The number of thiocarbonyl (C=S) groups is 1. The number of ether oxygens (including phenoxy) is 1. The molecule has 0 radical (unpaired) electrons. The zero-order chi connectivity index (χ0) is 12.3. The van der Waals surface area contributed by atoms with E-state index in [-0.39, 0.29) is 16.5 Å². The number of benzene rings is 1. The number of hydrogen-bond acceptors (Lipinski definition) is 2. The van der Waals surface area contributed by atoms with E-state index in [9.17, 15) is 13.2 Å². The highest BCUT2D eigenvalue weighted by Gasteiger charge is 2.37. The van der Waals surface area contributed by atoms with Gasteiger partial charge < -0.3 is 15.8 Å². The molecule has 0 saturated carbocycles. The predicted octanol–water partition coefficient (Wildman–Crippen LogP) is 2.37. The first-order chi connectivity index (χ1) is 7.36. The number of methoxy groups -OCH3 is 1. The molecule has 1 rings (SSSR count). The first kappa shape index (κ1) is 12.6. The third-order valence-corrected chi connectivity index (χ3v) is 1.89. The zero-order valence-corrected chi connectivity index (χ0v) is 9.08. The van der Waals surface area contributed by atoms with Gasteiger partial charge in [-0.3, -0.25) is 0 Å². The zero-order valence-electron chi connectivity index (χ0n) is 8.26. The third kappa shape index (κ3) is 2.75. The maximum absolute atomic E-state index is 12.7. The molecule has 1 aromatic carbocycles. The van der Waals surface area contributed by atoms with Crippen molar-refractivity contribution in [3.05, 3.63) is 23.8 Å². The van der Waals surface area contributed by atoms with Crippen LogP contribution in [0, 0.1) is 0 Å². The fourth-order valence-corrected chi connectivity index (χ4v) is 1.34. The molecule has 0 aliphatic carbocycles. The van der Waals surface area contributed by atoms with Gasteiger partial charge in [0.2, 0.25) is 0 Å². The lowest BCUT2D eigenvalue weighted by Crippen LogP contribution is -2.22.